The van der Waals surface area contributed by atoms with Gasteiger partial charge >= 0.3 is 0 Å². The zero-order valence-electron chi connectivity index (χ0n) is 11.7. The van der Waals surface area contributed by atoms with E-state index in [1.165, 1.54) is 11.1 Å². The standard InChI is InChI=1S/C16H20N2O/c1-11(2)15-5-4-14(8-12(15)3)19-10-13-6-7-18-16(17)9-13/h4-9,11H,10H2,1-3H3,(H2,17,18). The van der Waals surface area contributed by atoms with Crippen LogP contribution in [0.3, 0.4) is 0 Å². The highest BCUT2D eigenvalue weighted by Crippen LogP contribution is 2.24. The van der Waals surface area contributed by atoms with Crippen molar-refractivity contribution in [3.05, 3.63) is 53.2 Å². The van der Waals surface area contributed by atoms with E-state index >= 15 is 0 Å². The highest BCUT2D eigenvalue weighted by atomic mass is 16.5. The van der Waals surface area contributed by atoms with Gasteiger partial charge in [-0.15, -0.1) is 0 Å². The molecule has 0 aliphatic rings. The highest BCUT2D eigenvalue weighted by Gasteiger charge is 2.05. The summed E-state index contributed by atoms with van der Waals surface area (Å²) in [5.74, 6) is 1.94. The first-order chi connectivity index (χ1) is 9.06. The van der Waals surface area contributed by atoms with E-state index < -0.39 is 0 Å². The van der Waals surface area contributed by atoms with Crippen LogP contribution in [0.5, 0.6) is 5.75 Å². The Morgan fingerprint density at radius 2 is 2.00 bits per heavy atom. The SMILES string of the molecule is Cc1cc(OCc2ccnc(N)c2)ccc1C(C)C. The van der Waals surface area contributed by atoms with E-state index in [-0.39, 0.29) is 0 Å². The molecule has 0 fully saturated rings. The summed E-state index contributed by atoms with van der Waals surface area (Å²) in [5, 5.41) is 0. The molecule has 1 aromatic carbocycles. The van der Waals surface area contributed by atoms with Crippen molar-refractivity contribution in [1.29, 1.82) is 0 Å². The van der Waals surface area contributed by atoms with Crippen LogP contribution in [0.1, 0.15) is 36.5 Å². The zero-order chi connectivity index (χ0) is 13.8. The molecular weight excluding hydrogens is 236 g/mol. The summed E-state index contributed by atoms with van der Waals surface area (Å²) in [7, 11) is 0. The molecule has 0 aliphatic carbocycles. The van der Waals surface area contributed by atoms with Gasteiger partial charge < -0.3 is 10.5 Å². The number of nitrogens with two attached hydrogens (primary N) is 1. The average Bonchev–Trinajstić information content (AvgIpc) is 2.36. The number of benzene rings is 1. The lowest BCUT2D eigenvalue weighted by molar-refractivity contribution is 0.306. The molecule has 0 spiro atoms. The number of nitrogens with zero attached hydrogens (tertiary/aromatic N) is 1. The number of hydrogen-bond donors (Lipinski definition) is 1. The molecule has 3 nitrogen and oxygen atoms in total. The molecule has 0 atom stereocenters. The van der Waals surface area contributed by atoms with Gasteiger partial charge in [-0.1, -0.05) is 19.9 Å². The minimum Gasteiger partial charge on any atom is -0.489 e. The van der Waals surface area contributed by atoms with Crippen LogP contribution in [0.2, 0.25) is 0 Å². The number of ether oxygens (including phenoxy) is 1. The van der Waals surface area contributed by atoms with Gasteiger partial charge in [0.05, 0.1) is 0 Å². The first-order valence-corrected chi connectivity index (χ1v) is 6.50. The number of aryl methyl sites for hydroxylation is 1. The lowest BCUT2D eigenvalue weighted by Gasteiger charge is -2.12. The second-order valence-electron chi connectivity index (χ2n) is 5.05. The van der Waals surface area contributed by atoms with Crippen LogP contribution in [-0.4, -0.2) is 4.98 Å². The Morgan fingerprint density at radius 1 is 1.21 bits per heavy atom. The van der Waals surface area contributed by atoms with Gasteiger partial charge in [-0.3, -0.25) is 0 Å². The molecule has 2 aromatic rings. The summed E-state index contributed by atoms with van der Waals surface area (Å²) in [6.45, 7) is 7.02. The lowest BCUT2D eigenvalue weighted by Crippen LogP contribution is -1.99. The molecule has 0 aliphatic heterocycles. The smallest absolute Gasteiger partial charge is 0.123 e. The Kier molecular flexibility index (Phi) is 4.05. The zero-order valence-corrected chi connectivity index (χ0v) is 11.7. The minimum atomic E-state index is 0.507. The fourth-order valence-corrected chi connectivity index (χ4v) is 2.14. The molecule has 100 valence electrons. The van der Waals surface area contributed by atoms with Crippen LogP contribution >= 0.6 is 0 Å². The minimum absolute atomic E-state index is 0.507. The van der Waals surface area contributed by atoms with Gasteiger partial charge in [0.1, 0.15) is 18.2 Å². The molecule has 0 radical (unpaired) electrons. The van der Waals surface area contributed by atoms with E-state index in [0.717, 1.165) is 11.3 Å². The van der Waals surface area contributed by atoms with Crippen molar-refractivity contribution in [1.82, 2.24) is 4.98 Å². The summed E-state index contributed by atoms with van der Waals surface area (Å²) in [6, 6.07) is 9.98. The first-order valence-electron chi connectivity index (χ1n) is 6.50. The van der Waals surface area contributed by atoms with Crippen molar-refractivity contribution < 1.29 is 4.74 Å². The Bertz CT molecular complexity index is 564. The Balaban J connectivity index is 2.06. The predicted octanol–water partition coefficient (Wildman–Crippen LogP) is 3.67. The molecular formula is C16H20N2O. The summed E-state index contributed by atoms with van der Waals surface area (Å²) in [5.41, 5.74) is 9.29. The lowest BCUT2D eigenvalue weighted by atomic mass is 9.98. The maximum Gasteiger partial charge on any atom is 0.123 e. The van der Waals surface area contributed by atoms with Gasteiger partial charge in [0.15, 0.2) is 0 Å². The van der Waals surface area contributed by atoms with E-state index in [1.807, 2.05) is 18.2 Å². The Hall–Kier alpha value is -2.03. The van der Waals surface area contributed by atoms with Crippen LogP contribution in [-0.2, 0) is 6.61 Å². The predicted molar refractivity (Wildman–Crippen MR) is 78.2 cm³/mol. The number of pyridine rings is 1. The van der Waals surface area contributed by atoms with Crippen LogP contribution in [0.4, 0.5) is 5.82 Å². The third kappa shape index (κ3) is 3.47. The quantitative estimate of drug-likeness (QED) is 0.907. The second kappa shape index (κ2) is 5.74. The van der Waals surface area contributed by atoms with Crippen LogP contribution in [0.15, 0.2) is 36.5 Å². The van der Waals surface area contributed by atoms with Gasteiger partial charge in [0.25, 0.3) is 0 Å². The van der Waals surface area contributed by atoms with Crippen LogP contribution in [0.25, 0.3) is 0 Å². The summed E-state index contributed by atoms with van der Waals surface area (Å²) < 4.78 is 5.78. The molecule has 0 amide bonds. The van der Waals surface area contributed by atoms with Crippen molar-refractivity contribution in [2.75, 3.05) is 5.73 Å². The fraction of sp³-hybridized carbons (Fsp3) is 0.312. The van der Waals surface area contributed by atoms with Crippen molar-refractivity contribution in [3.8, 4) is 5.75 Å². The number of aromatic nitrogens is 1. The van der Waals surface area contributed by atoms with Gasteiger partial charge in [-0.2, -0.15) is 0 Å². The van der Waals surface area contributed by atoms with E-state index in [4.69, 9.17) is 10.5 Å². The van der Waals surface area contributed by atoms with E-state index in [9.17, 15) is 0 Å². The van der Waals surface area contributed by atoms with Gasteiger partial charge in [-0.25, -0.2) is 4.98 Å². The monoisotopic (exact) mass is 256 g/mol. The topological polar surface area (TPSA) is 48.1 Å². The molecule has 1 aromatic heterocycles. The number of hydrogen-bond acceptors (Lipinski definition) is 3. The fourth-order valence-electron chi connectivity index (χ4n) is 2.14. The summed E-state index contributed by atoms with van der Waals surface area (Å²) in [6.07, 6.45) is 1.70. The van der Waals surface area contributed by atoms with E-state index in [1.54, 1.807) is 6.20 Å². The number of nitrogen functional groups attached to an aromatic ring is 1. The third-order valence-corrected chi connectivity index (χ3v) is 3.11. The average molecular weight is 256 g/mol. The molecule has 2 rings (SSSR count). The van der Waals surface area contributed by atoms with Crippen molar-refractivity contribution in [2.24, 2.45) is 0 Å². The normalized spacial score (nSPS) is 10.7. The molecule has 0 saturated heterocycles. The number of rotatable bonds is 4. The highest BCUT2D eigenvalue weighted by molar-refractivity contribution is 5.37. The second-order valence-corrected chi connectivity index (χ2v) is 5.05. The van der Waals surface area contributed by atoms with E-state index in [2.05, 4.69) is 37.9 Å². The Morgan fingerprint density at radius 3 is 2.63 bits per heavy atom. The van der Waals surface area contributed by atoms with Crippen molar-refractivity contribution in [2.45, 2.75) is 33.3 Å². The van der Waals surface area contributed by atoms with Gasteiger partial charge in [0.2, 0.25) is 0 Å². The van der Waals surface area contributed by atoms with Gasteiger partial charge in [-0.05, 0) is 53.8 Å². The summed E-state index contributed by atoms with van der Waals surface area (Å²) in [4.78, 5) is 3.96. The Labute approximate surface area is 114 Å². The first kappa shape index (κ1) is 13.4. The maximum atomic E-state index is 5.78. The molecule has 0 saturated carbocycles. The maximum absolute atomic E-state index is 5.78. The summed E-state index contributed by atoms with van der Waals surface area (Å²) >= 11 is 0. The molecule has 3 heteroatoms. The molecule has 1 heterocycles. The molecule has 19 heavy (non-hydrogen) atoms. The van der Waals surface area contributed by atoms with Crippen LogP contribution in [0, 0.1) is 6.92 Å². The number of anilines is 1. The molecule has 2 N–H and O–H groups in total. The third-order valence-electron chi connectivity index (χ3n) is 3.11. The largest absolute Gasteiger partial charge is 0.489 e. The van der Waals surface area contributed by atoms with Crippen molar-refractivity contribution in [3.63, 3.8) is 0 Å². The molecule has 0 unspecified atom stereocenters. The van der Waals surface area contributed by atoms with Crippen LogP contribution < -0.4 is 10.5 Å². The molecule has 0 bridgehead atoms. The van der Waals surface area contributed by atoms with Gasteiger partial charge in [0, 0.05) is 6.20 Å². The van der Waals surface area contributed by atoms with Crippen molar-refractivity contribution >= 4 is 5.82 Å². The van der Waals surface area contributed by atoms with E-state index in [0.29, 0.717) is 18.3 Å².